The lowest BCUT2D eigenvalue weighted by molar-refractivity contribution is -0.147. The van der Waals surface area contributed by atoms with Gasteiger partial charge in [0.25, 0.3) is 0 Å². The molecule has 3 heteroatoms. The third kappa shape index (κ3) is 1.38. The van der Waals surface area contributed by atoms with E-state index in [1.807, 2.05) is 13.8 Å². The van der Waals surface area contributed by atoms with E-state index in [-0.39, 0.29) is 5.92 Å². The highest BCUT2D eigenvalue weighted by molar-refractivity contribution is 5.71. The van der Waals surface area contributed by atoms with Crippen molar-refractivity contribution in [1.82, 2.24) is 0 Å². The van der Waals surface area contributed by atoms with Crippen LogP contribution in [0.1, 0.15) is 26.7 Å². The molecule has 0 aromatic heterocycles. The van der Waals surface area contributed by atoms with Crippen molar-refractivity contribution in [2.45, 2.75) is 32.3 Å². The van der Waals surface area contributed by atoms with Crippen molar-refractivity contribution in [3.8, 4) is 0 Å². The molecule has 0 aliphatic carbocycles. The zero-order chi connectivity index (χ0) is 8.48. The van der Waals surface area contributed by atoms with Gasteiger partial charge in [0.15, 0.2) is 0 Å². The molecule has 0 bridgehead atoms. The Balaban J connectivity index is 2.72. The molecule has 0 saturated carbocycles. The summed E-state index contributed by atoms with van der Waals surface area (Å²) in [5.41, 5.74) is -0.425. The van der Waals surface area contributed by atoms with Crippen LogP contribution in [0.25, 0.3) is 0 Å². The predicted octanol–water partition coefficient (Wildman–Crippen LogP) is 1.28. The van der Waals surface area contributed by atoms with E-state index in [9.17, 15) is 4.79 Å². The smallest absolute Gasteiger partial charge is 0.309 e. The van der Waals surface area contributed by atoms with E-state index in [2.05, 4.69) is 0 Å². The topological polar surface area (TPSA) is 46.5 Å². The molecule has 3 nitrogen and oxygen atoms in total. The number of rotatable bonds is 2. The third-order valence-electron chi connectivity index (χ3n) is 2.58. The maximum absolute atomic E-state index is 10.7. The lowest BCUT2D eigenvalue weighted by atomic mass is 9.87. The van der Waals surface area contributed by atoms with Gasteiger partial charge in [0.2, 0.25) is 0 Å². The number of aliphatic carboxylic acids is 1. The highest BCUT2D eigenvalue weighted by Gasteiger charge is 2.43. The largest absolute Gasteiger partial charge is 0.481 e. The molecule has 64 valence electrons. The van der Waals surface area contributed by atoms with Crippen molar-refractivity contribution >= 4 is 5.97 Å². The Bertz CT molecular complexity index is 167. The maximum Gasteiger partial charge on any atom is 0.309 e. The van der Waals surface area contributed by atoms with Gasteiger partial charge in [-0.05, 0) is 19.8 Å². The molecule has 0 aromatic rings. The van der Waals surface area contributed by atoms with Crippen LogP contribution >= 0.6 is 0 Å². The molecule has 1 rings (SSSR count). The molecule has 0 radical (unpaired) electrons. The fraction of sp³-hybridized carbons (Fsp3) is 0.875. The molecular formula is C8H14O3. The van der Waals surface area contributed by atoms with E-state index in [1.165, 1.54) is 0 Å². The lowest BCUT2D eigenvalue weighted by Gasteiger charge is -2.25. The molecule has 1 fully saturated rings. The zero-order valence-electron chi connectivity index (χ0n) is 6.96. The van der Waals surface area contributed by atoms with Crippen LogP contribution < -0.4 is 0 Å². The molecule has 0 amide bonds. The Morgan fingerprint density at radius 1 is 1.82 bits per heavy atom. The van der Waals surface area contributed by atoms with Crippen molar-refractivity contribution in [3.05, 3.63) is 0 Å². The minimum atomic E-state index is -0.730. The third-order valence-corrected chi connectivity index (χ3v) is 2.58. The molecule has 0 aromatic carbocycles. The van der Waals surface area contributed by atoms with Gasteiger partial charge in [-0.1, -0.05) is 6.92 Å². The second-order valence-electron chi connectivity index (χ2n) is 3.19. The summed E-state index contributed by atoms with van der Waals surface area (Å²) in [7, 11) is 0. The van der Waals surface area contributed by atoms with Gasteiger partial charge in [0.1, 0.15) is 0 Å². The van der Waals surface area contributed by atoms with E-state index < -0.39 is 11.6 Å². The number of hydrogen-bond donors (Lipinski definition) is 1. The average Bonchev–Trinajstić information content (AvgIpc) is 2.32. The first-order chi connectivity index (χ1) is 5.10. The predicted molar refractivity (Wildman–Crippen MR) is 40.4 cm³/mol. The average molecular weight is 158 g/mol. The fourth-order valence-corrected chi connectivity index (χ4v) is 1.55. The quantitative estimate of drug-likeness (QED) is 0.658. The molecule has 1 aliphatic heterocycles. The maximum atomic E-state index is 10.7. The van der Waals surface area contributed by atoms with E-state index in [0.717, 1.165) is 6.42 Å². The van der Waals surface area contributed by atoms with Crippen molar-refractivity contribution in [1.29, 1.82) is 0 Å². The van der Waals surface area contributed by atoms with Crippen LogP contribution in [0.15, 0.2) is 0 Å². The van der Waals surface area contributed by atoms with Crippen LogP contribution in [0.5, 0.6) is 0 Å². The number of hydrogen-bond acceptors (Lipinski definition) is 2. The molecule has 1 N–H and O–H groups in total. The highest BCUT2D eigenvalue weighted by Crippen LogP contribution is 2.34. The Morgan fingerprint density at radius 3 is 2.82 bits per heavy atom. The van der Waals surface area contributed by atoms with Gasteiger partial charge in [0, 0.05) is 6.61 Å². The van der Waals surface area contributed by atoms with Gasteiger partial charge in [0.05, 0.1) is 11.5 Å². The van der Waals surface area contributed by atoms with Gasteiger partial charge in [-0.2, -0.15) is 0 Å². The summed E-state index contributed by atoms with van der Waals surface area (Å²) in [6.07, 6.45) is 1.42. The van der Waals surface area contributed by atoms with Crippen LogP contribution in [0, 0.1) is 5.92 Å². The minimum absolute atomic E-state index is 0.313. The minimum Gasteiger partial charge on any atom is -0.481 e. The van der Waals surface area contributed by atoms with Gasteiger partial charge < -0.3 is 9.84 Å². The van der Waals surface area contributed by atoms with E-state index in [4.69, 9.17) is 9.84 Å². The zero-order valence-corrected chi connectivity index (χ0v) is 6.96. The van der Waals surface area contributed by atoms with Crippen LogP contribution in [0.3, 0.4) is 0 Å². The fourth-order valence-electron chi connectivity index (χ4n) is 1.55. The van der Waals surface area contributed by atoms with Crippen LogP contribution in [-0.4, -0.2) is 23.3 Å². The van der Waals surface area contributed by atoms with Crippen molar-refractivity contribution in [3.63, 3.8) is 0 Å². The molecule has 11 heavy (non-hydrogen) atoms. The van der Waals surface area contributed by atoms with Gasteiger partial charge in [-0.3, -0.25) is 4.79 Å². The second-order valence-corrected chi connectivity index (χ2v) is 3.19. The van der Waals surface area contributed by atoms with Crippen LogP contribution in [-0.2, 0) is 9.53 Å². The molecule has 1 aliphatic rings. The standard InChI is InChI=1S/C8H14O3/c1-3-8(2)6(7(9)10)4-5-11-8/h6H,3-5H2,1-2H3,(H,9,10). The van der Waals surface area contributed by atoms with Crippen LogP contribution in [0.2, 0.25) is 0 Å². The summed E-state index contributed by atoms with van der Waals surface area (Å²) in [5, 5.41) is 8.80. The van der Waals surface area contributed by atoms with E-state index >= 15 is 0 Å². The van der Waals surface area contributed by atoms with Gasteiger partial charge >= 0.3 is 5.97 Å². The van der Waals surface area contributed by atoms with E-state index in [1.54, 1.807) is 0 Å². The Morgan fingerprint density at radius 2 is 2.45 bits per heavy atom. The molecule has 2 unspecified atom stereocenters. The van der Waals surface area contributed by atoms with Crippen LogP contribution in [0.4, 0.5) is 0 Å². The second kappa shape index (κ2) is 2.81. The first-order valence-corrected chi connectivity index (χ1v) is 3.97. The van der Waals surface area contributed by atoms with Crippen molar-refractivity contribution in [2.24, 2.45) is 5.92 Å². The summed E-state index contributed by atoms with van der Waals surface area (Å²) >= 11 is 0. The van der Waals surface area contributed by atoms with Crippen molar-refractivity contribution in [2.75, 3.05) is 6.61 Å². The molecule has 2 atom stereocenters. The Hall–Kier alpha value is -0.570. The molecule has 1 saturated heterocycles. The number of carbonyl (C=O) groups is 1. The molecular weight excluding hydrogens is 144 g/mol. The SMILES string of the molecule is CCC1(C)OCCC1C(=O)O. The Kier molecular flexibility index (Phi) is 2.18. The molecule has 1 heterocycles. The summed E-state index contributed by atoms with van der Waals surface area (Å²) in [6.45, 7) is 4.42. The Labute approximate surface area is 66.4 Å². The molecule has 0 spiro atoms. The number of carboxylic acids is 1. The monoisotopic (exact) mass is 158 g/mol. The number of carboxylic acid groups (broad SMARTS) is 1. The summed E-state index contributed by atoms with van der Waals surface area (Å²) in [5.74, 6) is -1.04. The normalized spacial score (nSPS) is 37.5. The first-order valence-electron chi connectivity index (χ1n) is 3.97. The van der Waals surface area contributed by atoms with E-state index in [0.29, 0.717) is 13.0 Å². The van der Waals surface area contributed by atoms with Gasteiger partial charge in [-0.25, -0.2) is 0 Å². The van der Waals surface area contributed by atoms with Gasteiger partial charge in [-0.15, -0.1) is 0 Å². The summed E-state index contributed by atoms with van der Waals surface area (Å²) in [6, 6.07) is 0. The lowest BCUT2D eigenvalue weighted by Crippen LogP contribution is -2.35. The number of ether oxygens (including phenoxy) is 1. The summed E-state index contributed by atoms with van der Waals surface area (Å²) in [4.78, 5) is 10.7. The summed E-state index contributed by atoms with van der Waals surface area (Å²) < 4.78 is 5.38. The van der Waals surface area contributed by atoms with Crippen molar-refractivity contribution < 1.29 is 14.6 Å². The first kappa shape index (κ1) is 8.53. The highest BCUT2D eigenvalue weighted by atomic mass is 16.5.